The van der Waals surface area contributed by atoms with E-state index in [-0.39, 0.29) is 24.0 Å². The van der Waals surface area contributed by atoms with Crippen LogP contribution < -0.4 is 20.1 Å². The molecular formula is C23H35IN4O3S. The number of morpholine rings is 1. The molecule has 2 N–H and O–H groups in total. The maximum absolute atomic E-state index is 5.61. The first-order chi connectivity index (χ1) is 15.2. The van der Waals surface area contributed by atoms with E-state index in [1.165, 1.54) is 4.88 Å². The molecule has 0 saturated carbocycles. The minimum absolute atomic E-state index is 0. The van der Waals surface area contributed by atoms with Gasteiger partial charge in [0.1, 0.15) is 0 Å². The molecule has 1 aliphatic heterocycles. The summed E-state index contributed by atoms with van der Waals surface area (Å²) in [6.45, 7) is 10.3. The van der Waals surface area contributed by atoms with Crippen LogP contribution in [-0.2, 0) is 11.3 Å². The molecule has 2 heterocycles. The summed E-state index contributed by atoms with van der Waals surface area (Å²) in [4.78, 5) is 8.64. The van der Waals surface area contributed by atoms with Crippen LogP contribution in [0.25, 0.3) is 0 Å². The second-order valence-electron chi connectivity index (χ2n) is 7.17. The maximum Gasteiger partial charge on any atom is 0.191 e. The zero-order valence-corrected chi connectivity index (χ0v) is 22.3. The van der Waals surface area contributed by atoms with Crippen LogP contribution in [0, 0.1) is 0 Å². The first-order valence-corrected chi connectivity index (χ1v) is 11.8. The van der Waals surface area contributed by atoms with Crippen LogP contribution in [0.1, 0.15) is 30.3 Å². The van der Waals surface area contributed by atoms with E-state index in [1.54, 1.807) is 18.4 Å². The van der Waals surface area contributed by atoms with Crippen molar-refractivity contribution >= 4 is 41.3 Å². The minimum Gasteiger partial charge on any atom is -0.493 e. The molecule has 2 aromatic rings. The van der Waals surface area contributed by atoms with Crippen molar-refractivity contribution in [3.05, 3.63) is 46.2 Å². The highest BCUT2D eigenvalue weighted by molar-refractivity contribution is 14.0. The standard InChI is InChI=1S/C23H34N4O3S.HI/c1-4-24-23(25-16-18-8-9-20(30-5-2)21(15-18)28-3)26-17-19(22-7-6-14-31-22)27-10-12-29-13-11-27;/h6-9,14-15,19H,4-5,10-13,16-17H2,1-3H3,(H2,24,25,26);1H. The summed E-state index contributed by atoms with van der Waals surface area (Å²) < 4.78 is 16.6. The number of guanidine groups is 1. The molecule has 1 aromatic carbocycles. The van der Waals surface area contributed by atoms with Crippen LogP contribution in [0.3, 0.4) is 0 Å². The monoisotopic (exact) mass is 574 g/mol. The van der Waals surface area contributed by atoms with Crippen LogP contribution in [-0.4, -0.2) is 64.0 Å². The Bertz CT molecular complexity index is 814. The minimum atomic E-state index is 0. The second-order valence-corrected chi connectivity index (χ2v) is 8.15. The molecule has 0 spiro atoms. The fourth-order valence-electron chi connectivity index (χ4n) is 3.57. The average Bonchev–Trinajstić information content (AvgIpc) is 3.33. The van der Waals surface area contributed by atoms with Crippen molar-refractivity contribution in [1.82, 2.24) is 15.5 Å². The third-order valence-corrected chi connectivity index (χ3v) is 6.09. The van der Waals surface area contributed by atoms with Gasteiger partial charge in [0.15, 0.2) is 17.5 Å². The zero-order valence-electron chi connectivity index (χ0n) is 19.1. The van der Waals surface area contributed by atoms with Gasteiger partial charge in [0, 0.05) is 31.1 Å². The number of methoxy groups -OCH3 is 1. The summed E-state index contributed by atoms with van der Waals surface area (Å²) >= 11 is 1.80. The van der Waals surface area contributed by atoms with Gasteiger partial charge in [-0.2, -0.15) is 0 Å². The summed E-state index contributed by atoms with van der Waals surface area (Å²) in [5, 5.41) is 9.04. The average molecular weight is 575 g/mol. The normalized spacial score (nSPS) is 15.5. The van der Waals surface area contributed by atoms with E-state index < -0.39 is 0 Å². The highest BCUT2D eigenvalue weighted by Gasteiger charge is 2.23. The molecular weight excluding hydrogens is 539 g/mol. The van der Waals surface area contributed by atoms with Crippen LogP contribution in [0.2, 0.25) is 0 Å². The van der Waals surface area contributed by atoms with Crippen molar-refractivity contribution in [1.29, 1.82) is 0 Å². The Morgan fingerprint density at radius 2 is 2.00 bits per heavy atom. The number of benzene rings is 1. The highest BCUT2D eigenvalue weighted by Crippen LogP contribution is 2.28. The first-order valence-electron chi connectivity index (χ1n) is 10.9. The van der Waals surface area contributed by atoms with Crippen LogP contribution in [0.5, 0.6) is 11.5 Å². The molecule has 0 radical (unpaired) electrons. The topological polar surface area (TPSA) is 67.4 Å². The van der Waals surface area contributed by atoms with Gasteiger partial charge in [0.25, 0.3) is 0 Å². The molecule has 1 fully saturated rings. The summed E-state index contributed by atoms with van der Waals surface area (Å²) in [7, 11) is 1.66. The summed E-state index contributed by atoms with van der Waals surface area (Å²) in [5.41, 5.74) is 1.07. The predicted molar refractivity (Wildman–Crippen MR) is 142 cm³/mol. The smallest absolute Gasteiger partial charge is 0.191 e. The fourth-order valence-corrected chi connectivity index (χ4v) is 4.43. The number of thiophene rings is 1. The van der Waals surface area contributed by atoms with Gasteiger partial charge in [-0.3, -0.25) is 4.90 Å². The third-order valence-electron chi connectivity index (χ3n) is 5.11. The van der Waals surface area contributed by atoms with Crippen LogP contribution >= 0.6 is 35.3 Å². The van der Waals surface area contributed by atoms with Gasteiger partial charge in [-0.05, 0) is 43.0 Å². The van der Waals surface area contributed by atoms with Crippen molar-refractivity contribution in [2.75, 3.05) is 53.1 Å². The lowest BCUT2D eigenvalue weighted by molar-refractivity contribution is 0.0177. The molecule has 32 heavy (non-hydrogen) atoms. The van der Waals surface area contributed by atoms with Crippen molar-refractivity contribution in [2.45, 2.75) is 26.4 Å². The number of nitrogens with zero attached hydrogens (tertiary/aromatic N) is 2. The van der Waals surface area contributed by atoms with E-state index in [0.717, 1.165) is 62.4 Å². The van der Waals surface area contributed by atoms with Crippen molar-refractivity contribution in [3.8, 4) is 11.5 Å². The number of aliphatic imine (C=N–C) groups is 1. The lowest BCUT2D eigenvalue weighted by Crippen LogP contribution is -2.46. The number of halogens is 1. The molecule has 1 saturated heterocycles. The van der Waals surface area contributed by atoms with Crippen molar-refractivity contribution in [3.63, 3.8) is 0 Å². The van der Waals surface area contributed by atoms with Gasteiger partial charge in [-0.15, -0.1) is 35.3 Å². The number of rotatable bonds is 10. The van der Waals surface area contributed by atoms with Crippen molar-refractivity contribution < 1.29 is 14.2 Å². The summed E-state index contributed by atoms with van der Waals surface area (Å²) in [5.74, 6) is 2.30. The second kappa shape index (κ2) is 14.6. The van der Waals surface area contributed by atoms with Crippen molar-refractivity contribution in [2.24, 2.45) is 4.99 Å². The first kappa shape index (κ1) is 26.7. The SMILES string of the molecule is CCNC(=NCc1ccc(OCC)c(OC)c1)NCC(c1cccs1)N1CCOCC1.I. The van der Waals surface area contributed by atoms with E-state index in [9.17, 15) is 0 Å². The molecule has 9 heteroatoms. The Hall–Kier alpha value is -1.56. The van der Waals surface area contributed by atoms with Gasteiger partial charge in [0.2, 0.25) is 0 Å². The molecule has 3 rings (SSSR count). The van der Waals surface area contributed by atoms with Gasteiger partial charge in [-0.1, -0.05) is 12.1 Å². The molecule has 178 valence electrons. The number of ether oxygens (including phenoxy) is 3. The zero-order chi connectivity index (χ0) is 21.9. The lowest BCUT2D eigenvalue weighted by Gasteiger charge is -2.34. The van der Waals surface area contributed by atoms with Crippen LogP contribution in [0.4, 0.5) is 0 Å². The van der Waals surface area contributed by atoms with Crippen LogP contribution in [0.15, 0.2) is 40.7 Å². The maximum atomic E-state index is 5.61. The lowest BCUT2D eigenvalue weighted by atomic mass is 10.2. The van der Waals surface area contributed by atoms with Gasteiger partial charge in [-0.25, -0.2) is 4.99 Å². The Labute approximate surface area is 212 Å². The molecule has 1 atom stereocenters. The van der Waals surface area contributed by atoms with Gasteiger partial charge in [0.05, 0.1) is 39.5 Å². The van der Waals surface area contributed by atoms with E-state index in [0.29, 0.717) is 19.2 Å². The molecule has 1 aromatic heterocycles. The van der Waals surface area contributed by atoms with E-state index in [2.05, 4.69) is 40.0 Å². The highest BCUT2D eigenvalue weighted by atomic mass is 127. The van der Waals surface area contributed by atoms with E-state index >= 15 is 0 Å². The fraction of sp³-hybridized carbons (Fsp3) is 0.522. The predicted octanol–water partition coefficient (Wildman–Crippen LogP) is 3.90. The molecule has 0 bridgehead atoms. The molecule has 1 aliphatic rings. The number of hydrogen-bond acceptors (Lipinski definition) is 6. The summed E-state index contributed by atoms with van der Waals surface area (Å²) in [6, 6.07) is 10.6. The number of nitrogens with one attached hydrogen (secondary N) is 2. The number of hydrogen-bond donors (Lipinski definition) is 2. The van der Waals surface area contributed by atoms with E-state index in [4.69, 9.17) is 19.2 Å². The molecule has 0 amide bonds. The Morgan fingerprint density at radius 1 is 1.19 bits per heavy atom. The third kappa shape index (κ3) is 7.79. The molecule has 7 nitrogen and oxygen atoms in total. The summed E-state index contributed by atoms with van der Waals surface area (Å²) in [6.07, 6.45) is 0. The quantitative estimate of drug-likeness (QED) is 0.255. The van der Waals surface area contributed by atoms with Gasteiger partial charge >= 0.3 is 0 Å². The largest absolute Gasteiger partial charge is 0.493 e. The Kier molecular flexibility index (Phi) is 12.1. The Morgan fingerprint density at radius 3 is 2.66 bits per heavy atom. The Balaban J connectivity index is 0.00000363. The molecule has 1 unspecified atom stereocenters. The van der Waals surface area contributed by atoms with E-state index in [1.807, 2.05) is 25.1 Å². The molecule has 0 aliphatic carbocycles. The van der Waals surface area contributed by atoms with Gasteiger partial charge < -0.3 is 24.8 Å².